The summed E-state index contributed by atoms with van der Waals surface area (Å²) >= 11 is 3.41. The predicted octanol–water partition coefficient (Wildman–Crippen LogP) is 3.65. The second kappa shape index (κ2) is 10.1. The van der Waals surface area contributed by atoms with E-state index >= 15 is 0 Å². The molecule has 0 bridgehead atoms. The summed E-state index contributed by atoms with van der Waals surface area (Å²) in [6, 6.07) is 11.1. The Labute approximate surface area is 202 Å². The van der Waals surface area contributed by atoms with Gasteiger partial charge in [0.15, 0.2) is 0 Å². The van der Waals surface area contributed by atoms with Gasteiger partial charge < -0.3 is 25.4 Å². The number of nitrogens with zero attached hydrogens (tertiary/aromatic N) is 2. The minimum Gasteiger partial charge on any atom is -0.497 e. The van der Waals surface area contributed by atoms with Crippen molar-refractivity contribution in [3.8, 4) is 5.75 Å². The van der Waals surface area contributed by atoms with Crippen LogP contribution in [0.3, 0.4) is 0 Å². The number of likely N-dealkylation sites (tertiary alicyclic amines) is 1. The number of rotatable bonds is 7. The molecule has 2 aliphatic rings. The maximum Gasteiger partial charge on any atom is 0.329 e. The number of carbonyl (C=O) groups excluding carboxylic acids is 2. The molecule has 0 spiro atoms. The number of ether oxygens (including phenoxy) is 1. The summed E-state index contributed by atoms with van der Waals surface area (Å²) in [5.41, 5.74) is -1.23. The van der Waals surface area contributed by atoms with Crippen LogP contribution in [0, 0.1) is 0 Å². The molecular weight excluding hydrogens is 488 g/mol. The van der Waals surface area contributed by atoms with Crippen LogP contribution in [-0.4, -0.2) is 55.2 Å². The number of hydrogen-bond acceptors (Lipinski definition) is 5. The zero-order valence-corrected chi connectivity index (χ0v) is 20.2. The number of methoxy groups -OCH3 is 1. The fourth-order valence-corrected chi connectivity index (χ4v) is 4.80. The van der Waals surface area contributed by atoms with E-state index in [-0.39, 0.29) is 5.56 Å². The number of carbonyl (C=O) groups is 2. The van der Waals surface area contributed by atoms with Crippen LogP contribution >= 0.6 is 15.9 Å². The van der Waals surface area contributed by atoms with E-state index in [0.717, 1.165) is 31.0 Å². The fourth-order valence-electron chi connectivity index (χ4n) is 4.44. The lowest BCUT2D eigenvalue weighted by Gasteiger charge is -2.42. The smallest absolute Gasteiger partial charge is 0.329 e. The zero-order valence-electron chi connectivity index (χ0n) is 18.6. The molecule has 0 aliphatic carbocycles. The summed E-state index contributed by atoms with van der Waals surface area (Å²) in [6.07, 6.45) is 4.46. The molecular formula is C24H29BrN4O4. The molecule has 2 aliphatic heterocycles. The van der Waals surface area contributed by atoms with Gasteiger partial charge >= 0.3 is 6.03 Å². The standard InChI is InChI=1S/C24H29BrN4O4/c1-33-19-8-5-7-18(16-19)29-23(31)27-21-10-9-17(25)15-20(21)24(29,32)22(30)26-11-6-14-28-12-3-2-4-13-28/h5,7-10,15-16,32H,2-4,6,11-14H2,1H3,(H,26,30)(H,27,31)/t24-/m0/s1. The molecule has 1 atom stereocenters. The van der Waals surface area contributed by atoms with Crippen LogP contribution in [0.15, 0.2) is 46.9 Å². The number of urea groups is 1. The number of amides is 3. The fraction of sp³-hybridized carbons (Fsp3) is 0.417. The quantitative estimate of drug-likeness (QED) is 0.488. The molecule has 0 aromatic heterocycles. The molecule has 1 saturated heterocycles. The Kier molecular flexibility index (Phi) is 7.21. The van der Waals surface area contributed by atoms with Crippen molar-refractivity contribution in [1.82, 2.24) is 10.2 Å². The Morgan fingerprint density at radius 1 is 1.21 bits per heavy atom. The number of piperidine rings is 1. The topological polar surface area (TPSA) is 94.1 Å². The molecule has 2 aromatic carbocycles. The van der Waals surface area contributed by atoms with E-state index in [2.05, 4.69) is 31.5 Å². The molecule has 9 heteroatoms. The molecule has 0 radical (unpaired) electrons. The van der Waals surface area contributed by atoms with Gasteiger partial charge in [0, 0.05) is 22.6 Å². The van der Waals surface area contributed by atoms with E-state index in [1.165, 1.54) is 26.4 Å². The Balaban J connectivity index is 1.61. The van der Waals surface area contributed by atoms with E-state index in [0.29, 0.717) is 28.1 Å². The van der Waals surface area contributed by atoms with E-state index in [4.69, 9.17) is 4.74 Å². The van der Waals surface area contributed by atoms with Crippen molar-refractivity contribution in [2.45, 2.75) is 31.4 Å². The number of anilines is 2. The van der Waals surface area contributed by atoms with Crippen molar-refractivity contribution < 1.29 is 19.4 Å². The van der Waals surface area contributed by atoms with Crippen molar-refractivity contribution >= 4 is 39.2 Å². The highest BCUT2D eigenvalue weighted by Crippen LogP contribution is 2.41. The lowest BCUT2D eigenvalue weighted by Crippen LogP contribution is -2.62. The molecule has 176 valence electrons. The lowest BCUT2D eigenvalue weighted by molar-refractivity contribution is -0.140. The van der Waals surface area contributed by atoms with Gasteiger partial charge in [-0.05, 0) is 69.2 Å². The Morgan fingerprint density at radius 3 is 2.76 bits per heavy atom. The van der Waals surface area contributed by atoms with Crippen molar-refractivity contribution in [2.75, 3.05) is 43.5 Å². The Bertz CT molecular complexity index is 1030. The van der Waals surface area contributed by atoms with Crippen LogP contribution in [0.1, 0.15) is 31.2 Å². The zero-order chi connectivity index (χ0) is 23.4. The number of benzene rings is 2. The third-order valence-corrected chi connectivity index (χ3v) is 6.63. The molecule has 0 saturated carbocycles. The van der Waals surface area contributed by atoms with Gasteiger partial charge in [-0.25, -0.2) is 4.79 Å². The van der Waals surface area contributed by atoms with E-state index in [1.807, 2.05) is 0 Å². The molecule has 0 unspecified atom stereocenters. The molecule has 8 nitrogen and oxygen atoms in total. The molecule has 3 amide bonds. The summed E-state index contributed by atoms with van der Waals surface area (Å²) in [5.74, 6) is -0.150. The van der Waals surface area contributed by atoms with Crippen molar-refractivity contribution in [3.05, 3.63) is 52.5 Å². The Hall–Kier alpha value is -2.62. The van der Waals surface area contributed by atoms with Gasteiger partial charge in [-0.15, -0.1) is 0 Å². The highest BCUT2D eigenvalue weighted by atomic mass is 79.9. The van der Waals surface area contributed by atoms with Crippen LogP contribution in [-0.2, 0) is 10.5 Å². The van der Waals surface area contributed by atoms with E-state index < -0.39 is 17.7 Å². The molecule has 4 rings (SSSR count). The monoisotopic (exact) mass is 516 g/mol. The number of fused-ring (bicyclic) bond motifs is 1. The first-order valence-electron chi connectivity index (χ1n) is 11.2. The molecule has 3 N–H and O–H groups in total. The summed E-state index contributed by atoms with van der Waals surface area (Å²) in [5, 5.41) is 17.5. The van der Waals surface area contributed by atoms with Crippen LogP contribution < -0.4 is 20.3 Å². The van der Waals surface area contributed by atoms with Gasteiger partial charge in [0.1, 0.15) is 5.75 Å². The van der Waals surface area contributed by atoms with E-state index in [1.54, 1.807) is 42.5 Å². The third-order valence-electron chi connectivity index (χ3n) is 6.14. The van der Waals surface area contributed by atoms with Crippen molar-refractivity contribution in [1.29, 1.82) is 0 Å². The maximum atomic E-state index is 13.5. The van der Waals surface area contributed by atoms with Gasteiger partial charge in [-0.3, -0.25) is 9.69 Å². The van der Waals surface area contributed by atoms with Crippen LogP contribution in [0.2, 0.25) is 0 Å². The van der Waals surface area contributed by atoms with Gasteiger partial charge in [0.25, 0.3) is 11.6 Å². The first-order valence-corrected chi connectivity index (χ1v) is 12.0. The average molecular weight is 517 g/mol. The van der Waals surface area contributed by atoms with Crippen LogP contribution in [0.4, 0.5) is 16.2 Å². The lowest BCUT2D eigenvalue weighted by atomic mass is 9.94. The van der Waals surface area contributed by atoms with Gasteiger partial charge in [0.2, 0.25) is 0 Å². The number of hydrogen-bond donors (Lipinski definition) is 3. The van der Waals surface area contributed by atoms with Gasteiger partial charge in [-0.2, -0.15) is 0 Å². The van der Waals surface area contributed by atoms with Crippen LogP contribution in [0.5, 0.6) is 5.75 Å². The SMILES string of the molecule is COc1cccc(N2C(=O)Nc3ccc(Br)cc3[C@]2(O)C(=O)NCCCN2CCCCC2)c1. The second-order valence-electron chi connectivity index (χ2n) is 8.34. The third kappa shape index (κ3) is 4.85. The second-order valence-corrected chi connectivity index (χ2v) is 9.26. The average Bonchev–Trinajstić information content (AvgIpc) is 2.83. The van der Waals surface area contributed by atoms with Gasteiger partial charge in [-0.1, -0.05) is 28.4 Å². The summed E-state index contributed by atoms with van der Waals surface area (Å²) < 4.78 is 5.96. The van der Waals surface area contributed by atoms with Crippen molar-refractivity contribution in [2.24, 2.45) is 0 Å². The first kappa shape index (κ1) is 23.5. The molecule has 2 heterocycles. The highest BCUT2D eigenvalue weighted by molar-refractivity contribution is 9.10. The molecule has 1 fully saturated rings. The first-order chi connectivity index (χ1) is 15.9. The maximum absolute atomic E-state index is 13.5. The number of nitrogens with one attached hydrogen (secondary N) is 2. The van der Waals surface area contributed by atoms with Gasteiger partial charge in [0.05, 0.1) is 18.5 Å². The largest absolute Gasteiger partial charge is 0.497 e. The van der Waals surface area contributed by atoms with Crippen LogP contribution in [0.25, 0.3) is 0 Å². The normalized spacial score (nSPS) is 20.7. The summed E-state index contributed by atoms with van der Waals surface area (Å²) in [6.45, 7) is 3.46. The molecule has 2 aromatic rings. The molecule has 33 heavy (non-hydrogen) atoms. The number of halogens is 1. The van der Waals surface area contributed by atoms with Crippen molar-refractivity contribution in [3.63, 3.8) is 0 Å². The van der Waals surface area contributed by atoms with E-state index in [9.17, 15) is 14.7 Å². The predicted molar refractivity (Wildman–Crippen MR) is 130 cm³/mol. The minimum absolute atomic E-state index is 0.285. The minimum atomic E-state index is -2.24. The highest BCUT2D eigenvalue weighted by Gasteiger charge is 2.52. The summed E-state index contributed by atoms with van der Waals surface area (Å²) in [4.78, 5) is 30.1. The summed E-state index contributed by atoms with van der Waals surface area (Å²) in [7, 11) is 1.52. The number of aliphatic hydroxyl groups is 1. The Morgan fingerprint density at radius 2 is 2.00 bits per heavy atom.